The Balaban J connectivity index is 2.43. The lowest BCUT2D eigenvalue weighted by atomic mass is 9.87. The van der Waals surface area contributed by atoms with Gasteiger partial charge in [0, 0.05) is 0 Å². The first-order valence-electron chi connectivity index (χ1n) is 5.59. The molecule has 1 fully saturated rings. The maximum Gasteiger partial charge on any atom is 0.316 e. The Morgan fingerprint density at radius 3 is 2.12 bits per heavy atom. The fraction of sp³-hybridized carbons (Fsp3) is 0.500. The molecule has 0 bridgehead atoms. The highest BCUT2D eigenvalue weighted by atomic mass is 16.5. The summed E-state index contributed by atoms with van der Waals surface area (Å²) < 4.78 is 4.96. The number of ether oxygens (including phenoxy) is 1. The number of rotatable bonds is 2. The molecule has 1 atom stereocenters. The van der Waals surface area contributed by atoms with Crippen molar-refractivity contribution in [1.82, 2.24) is 0 Å². The van der Waals surface area contributed by atoms with Gasteiger partial charge < -0.3 is 4.74 Å². The van der Waals surface area contributed by atoms with Gasteiger partial charge in [-0.25, -0.2) is 0 Å². The van der Waals surface area contributed by atoms with Gasteiger partial charge in [-0.05, 0) is 24.3 Å². The summed E-state index contributed by atoms with van der Waals surface area (Å²) in [5.41, 5.74) is 1.88. The van der Waals surface area contributed by atoms with Crippen LogP contribution >= 0.6 is 0 Å². The molecule has 0 spiro atoms. The summed E-state index contributed by atoms with van der Waals surface area (Å²) in [6.45, 7) is 6.28. The Labute approximate surface area is 96.6 Å². The van der Waals surface area contributed by atoms with Crippen molar-refractivity contribution in [1.29, 1.82) is 0 Å². The van der Waals surface area contributed by atoms with E-state index in [1.807, 2.05) is 19.1 Å². The topological polar surface area (TPSA) is 26.3 Å². The molecule has 1 aliphatic rings. The van der Waals surface area contributed by atoms with Crippen LogP contribution in [0, 0.1) is 12.3 Å². The summed E-state index contributed by atoms with van der Waals surface area (Å²) in [7, 11) is 1.46. The molecular weight excluding hydrogens is 200 g/mol. The van der Waals surface area contributed by atoms with Crippen LogP contribution in [-0.4, -0.2) is 13.1 Å². The molecule has 2 heteroatoms. The highest BCUT2D eigenvalue weighted by molar-refractivity contribution is 5.88. The Kier molecular flexibility index (Phi) is 2.33. The molecule has 1 aromatic carbocycles. The molecule has 1 saturated carbocycles. The van der Waals surface area contributed by atoms with Gasteiger partial charge in [0.05, 0.1) is 12.5 Å². The van der Waals surface area contributed by atoms with Gasteiger partial charge in [-0.3, -0.25) is 4.79 Å². The van der Waals surface area contributed by atoms with Crippen LogP contribution in [0.2, 0.25) is 0 Å². The van der Waals surface area contributed by atoms with Gasteiger partial charge in [0.1, 0.15) is 0 Å². The predicted octanol–water partition coefficient (Wildman–Crippen LogP) is 2.84. The van der Waals surface area contributed by atoms with Gasteiger partial charge in [-0.2, -0.15) is 0 Å². The van der Waals surface area contributed by atoms with Crippen LogP contribution in [0.5, 0.6) is 0 Å². The van der Waals surface area contributed by atoms with Crippen molar-refractivity contribution in [2.24, 2.45) is 5.41 Å². The van der Waals surface area contributed by atoms with E-state index in [9.17, 15) is 4.79 Å². The van der Waals surface area contributed by atoms with Gasteiger partial charge >= 0.3 is 5.97 Å². The van der Waals surface area contributed by atoms with E-state index in [2.05, 4.69) is 26.0 Å². The molecule has 0 aromatic heterocycles. The van der Waals surface area contributed by atoms with Gasteiger partial charge in [-0.15, -0.1) is 0 Å². The number of carbonyl (C=O) groups is 1. The minimum absolute atomic E-state index is 0.00928. The average molecular weight is 218 g/mol. The number of methoxy groups -OCH3 is 1. The lowest BCUT2D eigenvalue weighted by Gasteiger charge is -2.18. The lowest BCUT2D eigenvalue weighted by molar-refractivity contribution is -0.144. The quantitative estimate of drug-likeness (QED) is 0.713. The fourth-order valence-electron chi connectivity index (χ4n) is 2.59. The number of esters is 1. The van der Waals surface area contributed by atoms with Crippen molar-refractivity contribution >= 4 is 5.97 Å². The summed E-state index contributed by atoms with van der Waals surface area (Å²) in [5, 5.41) is 0. The third kappa shape index (κ3) is 1.36. The highest BCUT2D eigenvalue weighted by Gasteiger charge is 2.68. The second kappa shape index (κ2) is 3.34. The van der Waals surface area contributed by atoms with E-state index in [1.54, 1.807) is 0 Å². The molecular formula is C14H18O2. The van der Waals surface area contributed by atoms with Crippen LogP contribution in [-0.2, 0) is 14.9 Å². The van der Waals surface area contributed by atoms with Crippen LogP contribution in [0.1, 0.15) is 31.4 Å². The van der Waals surface area contributed by atoms with Crippen molar-refractivity contribution in [2.75, 3.05) is 7.11 Å². The zero-order chi connectivity index (χ0) is 12.0. The molecule has 0 unspecified atom stereocenters. The van der Waals surface area contributed by atoms with E-state index >= 15 is 0 Å². The summed E-state index contributed by atoms with van der Waals surface area (Å²) in [4.78, 5) is 12.0. The second-order valence-electron chi connectivity index (χ2n) is 5.32. The van der Waals surface area contributed by atoms with Crippen molar-refractivity contribution in [3.8, 4) is 0 Å². The molecule has 0 N–H and O–H groups in total. The number of hydrogen-bond donors (Lipinski definition) is 0. The number of hydrogen-bond acceptors (Lipinski definition) is 2. The van der Waals surface area contributed by atoms with Crippen LogP contribution < -0.4 is 0 Å². The van der Waals surface area contributed by atoms with E-state index in [0.717, 1.165) is 12.0 Å². The predicted molar refractivity (Wildman–Crippen MR) is 63.3 cm³/mol. The van der Waals surface area contributed by atoms with Crippen LogP contribution in [0.4, 0.5) is 0 Å². The maximum atomic E-state index is 12.0. The minimum atomic E-state index is -0.421. The Bertz CT molecular complexity index is 417. The molecule has 0 radical (unpaired) electrons. The highest BCUT2D eigenvalue weighted by Crippen LogP contribution is 2.64. The smallest absolute Gasteiger partial charge is 0.316 e. The minimum Gasteiger partial charge on any atom is -0.468 e. The monoisotopic (exact) mass is 218 g/mol. The first-order valence-corrected chi connectivity index (χ1v) is 5.59. The normalized spacial score (nSPS) is 26.2. The first kappa shape index (κ1) is 11.2. The van der Waals surface area contributed by atoms with Gasteiger partial charge in [0.15, 0.2) is 0 Å². The van der Waals surface area contributed by atoms with E-state index in [1.165, 1.54) is 12.7 Å². The first-order chi connectivity index (χ1) is 7.44. The third-order valence-electron chi connectivity index (χ3n) is 3.82. The number of carbonyl (C=O) groups excluding carboxylic acids is 1. The Morgan fingerprint density at radius 2 is 1.75 bits per heavy atom. The Morgan fingerprint density at radius 1 is 1.25 bits per heavy atom. The molecule has 0 amide bonds. The van der Waals surface area contributed by atoms with Gasteiger partial charge in [0.25, 0.3) is 0 Å². The number of aryl methyl sites for hydroxylation is 1. The van der Waals surface area contributed by atoms with E-state index < -0.39 is 5.41 Å². The summed E-state index contributed by atoms with van der Waals surface area (Å²) in [6, 6.07) is 8.19. The van der Waals surface area contributed by atoms with Crippen molar-refractivity contribution in [3.63, 3.8) is 0 Å². The molecule has 16 heavy (non-hydrogen) atoms. The van der Waals surface area contributed by atoms with Crippen molar-refractivity contribution in [2.45, 2.75) is 32.6 Å². The second-order valence-corrected chi connectivity index (χ2v) is 5.32. The molecule has 1 aliphatic carbocycles. The van der Waals surface area contributed by atoms with E-state index in [0.29, 0.717) is 0 Å². The average Bonchev–Trinajstić information content (AvgIpc) is 2.83. The molecule has 86 valence electrons. The largest absolute Gasteiger partial charge is 0.468 e. The van der Waals surface area contributed by atoms with Crippen LogP contribution in [0.15, 0.2) is 24.3 Å². The fourth-order valence-corrected chi connectivity index (χ4v) is 2.59. The molecule has 0 heterocycles. The maximum absolute atomic E-state index is 12.0. The summed E-state index contributed by atoms with van der Waals surface area (Å²) >= 11 is 0. The van der Waals surface area contributed by atoms with E-state index in [-0.39, 0.29) is 11.4 Å². The zero-order valence-electron chi connectivity index (χ0n) is 10.3. The molecule has 0 aliphatic heterocycles. The summed E-state index contributed by atoms with van der Waals surface area (Å²) in [6.07, 6.45) is 0.871. The molecule has 2 nitrogen and oxygen atoms in total. The van der Waals surface area contributed by atoms with Gasteiger partial charge in [-0.1, -0.05) is 43.7 Å². The molecule has 1 aromatic rings. The number of benzene rings is 1. The third-order valence-corrected chi connectivity index (χ3v) is 3.82. The summed E-state index contributed by atoms with van der Waals surface area (Å²) in [5.74, 6) is -0.110. The molecule has 0 saturated heterocycles. The van der Waals surface area contributed by atoms with Crippen LogP contribution in [0.3, 0.4) is 0 Å². The molecule has 2 rings (SSSR count). The van der Waals surface area contributed by atoms with Crippen molar-refractivity contribution in [3.05, 3.63) is 35.4 Å². The van der Waals surface area contributed by atoms with Crippen LogP contribution in [0.25, 0.3) is 0 Å². The standard InChI is InChI=1S/C14H18O2/c1-10-5-7-11(8-6-10)14(12(15)16-4)9-13(14,2)3/h5-8H,9H2,1-4H3/t14-/m1/s1. The van der Waals surface area contributed by atoms with Gasteiger partial charge in [0.2, 0.25) is 0 Å². The SMILES string of the molecule is COC(=O)[C@]1(c2ccc(C)cc2)CC1(C)C. The lowest BCUT2D eigenvalue weighted by Crippen LogP contribution is -2.27. The van der Waals surface area contributed by atoms with Crippen molar-refractivity contribution < 1.29 is 9.53 Å². The van der Waals surface area contributed by atoms with E-state index in [4.69, 9.17) is 4.74 Å². The Hall–Kier alpha value is -1.31. The zero-order valence-corrected chi connectivity index (χ0v) is 10.3.